The number of pyridine rings is 1. The van der Waals surface area contributed by atoms with E-state index in [0.717, 1.165) is 48.3 Å². The Balaban J connectivity index is 1.08. The predicted molar refractivity (Wildman–Crippen MR) is 138 cm³/mol. The molecule has 3 heterocycles. The highest BCUT2D eigenvalue weighted by Gasteiger charge is 2.53. The van der Waals surface area contributed by atoms with Gasteiger partial charge in [-0.05, 0) is 85.9 Å². The van der Waals surface area contributed by atoms with E-state index in [1.807, 2.05) is 30.9 Å². The molecule has 2 aromatic heterocycles. The van der Waals surface area contributed by atoms with Gasteiger partial charge in [0.25, 0.3) is 5.91 Å². The number of aryl methyl sites for hydroxylation is 1. The highest BCUT2D eigenvalue weighted by molar-refractivity contribution is 6.30. The van der Waals surface area contributed by atoms with E-state index in [2.05, 4.69) is 21.5 Å². The van der Waals surface area contributed by atoms with Crippen molar-refractivity contribution in [1.82, 2.24) is 20.1 Å². The normalized spacial score (nSPS) is 24.7. The minimum Gasteiger partial charge on any atom is -0.349 e. The molecule has 3 fully saturated rings. The summed E-state index contributed by atoms with van der Waals surface area (Å²) in [7, 11) is 0. The number of nitrogens with zero attached hydrogens (tertiary/aromatic N) is 5. The number of aromatic nitrogens is 3. The molecule has 9 heteroatoms. The largest absolute Gasteiger partial charge is 0.349 e. The van der Waals surface area contributed by atoms with Crippen LogP contribution < -0.4 is 10.2 Å². The smallest absolute Gasteiger partial charge is 0.254 e. The molecule has 37 heavy (non-hydrogen) atoms. The molecule has 2 aliphatic carbocycles. The van der Waals surface area contributed by atoms with E-state index in [-0.39, 0.29) is 35.7 Å². The summed E-state index contributed by atoms with van der Waals surface area (Å²) in [5.41, 5.74) is 4.01. The predicted octanol–water partition coefficient (Wildman–Crippen LogP) is 4.38. The monoisotopic (exact) mass is 514 g/mol. The summed E-state index contributed by atoms with van der Waals surface area (Å²) in [6, 6.07) is 9.52. The van der Waals surface area contributed by atoms with Crippen LogP contribution in [0.2, 0.25) is 5.02 Å². The van der Waals surface area contributed by atoms with Crippen LogP contribution in [-0.2, 0) is 4.79 Å². The van der Waals surface area contributed by atoms with Gasteiger partial charge in [-0.3, -0.25) is 19.2 Å². The van der Waals surface area contributed by atoms with Crippen LogP contribution in [0.5, 0.6) is 0 Å². The number of hydrogen-bond donors (Lipinski definition) is 1. The molecule has 1 saturated heterocycles. The Hall–Kier alpha value is -3.70. The number of halogens is 1. The zero-order chi connectivity index (χ0) is 25.8. The molecule has 188 valence electrons. The standard InChI is InChI=1S/C28H27ClN6O2/c1-15-5-19(11-31-26(15)34-13-20-8-25(20)28(34)37)16(2)35-14-21(12-32-35)27(36)33-23-6-18(7-23)24-9-22(29)4-3-17(24)10-30/h3-5,9,11-12,14,16,18,20,23,25H,6-8,13H2,1-2H3,(H,33,36)/t16-,18-,20-,23+,25-/m1/s1. The van der Waals surface area contributed by atoms with E-state index < -0.39 is 0 Å². The number of benzene rings is 1. The summed E-state index contributed by atoms with van der Waals surface area (Å²) < 4.78 is 1.76. The number of fused-ring (bicyclic) bond motifs is 1. The highest BCUT2D eigenvalue weighted by atomic mass is 35.5. The molecule has 3 aliphatic rings. The first-order valence-electron chi connectivity index (χ1n) is 12.6. The van der Waals surface area contributed by atoms with Crippen LogP contribution in [0.25, 0.3) is 0 Å². The molecule has 6 rings (SSSR count). The van der Waals surface area contributed by atoms with Gasteiger partial charge in [0.15, 0.2) is 0 Å². The van der Waals surface area contributed by atoms with Crippen molar-refractivity contribution in [2.24, 2.45) is 11.8 Å². The lowest BCUT2D eigenvalue weighted by Crippen LogP contribution is -2.43. The Kier molecular flexibility index (Phi) is 5.76. The van der Waals surface area contributed by atoms with Crippen LogP contribution in [0.3, 0.4) is 0 Å². The Labute approximate surface area is 220 Å². The third kappa shape index (κ3) is 4.27. The van der Waals surface area contributed by atoms with Crippen LogP contribution in [0.4, 0.5) is 5.82 Å². The minimum atomic E-state index is -0.163. The molecule has 0 unspecified atom stereocenters. The number of carbonyl (C=O) groups is 2. The Morgan fingerprint density at radius 1 is 1.24 bits per heavy atom. The van der Waals surface area contributed by atoms with Crippen molar-refractivity contribution in [1.29, 1.82) is 5.26 Å². The van der Waals surface area contributed by atoms with Crippen molar-refractivity contribution in [3.63, 3.8) is 0 Å². The van der Waals surface area contributed by atoms with Crippen molar-refractivity contribution >= 4 is 29.2 Å². The fourth-order valence-electron chi connectivity index (χ4n) is 5.62. The maximum Gasteiger partial charge on any atom is 0.254 e. The van der Waals surface area contributed by atoms with Crippen LogP contribution in [0.15, 0.2) is 42.9 Å². The number of anilines is 1. The van der Waals surface area contributed by atoms with E-state index in [1.165, 1.54) is 0 Å². The fourth-order valence-corrected chi connectivity index (χ4v) is 5.80. The third-order valence-corrected chi connectivity index (χ3v) is 8.28. The number of nitrogens with one attached hydrogen (secondary N) is 1. The summed E-state index contributed by atoms with van der Waals surface area (Å²) in [6.45, 7) is 4.76. The van der Waals surface area contributed by atoms with Gasteiger partial charge >= 0.3 is 0 Å². The number of amides is 2. The van der Waals surface area contributed by atoms with Gasteiger partial charge in [0.1, 0.15) is 5.82 Å². The first kappa shape index (κ1) is 23.7. The summed E-state index contributed by atoms with van der Waals surface area (Å²) in [4.78, 5) is 31.8. The maximum absolute atomic E-state index is 12.9. The third-order valence-electron chi connectivity index (χ3n) is 8.04. The summed E-state index contributed by atoms with van der Waals surface area (Å²) >= 11 is 6.12. The summed E-state index contributed by atoms with van der Waals surface area (Å²) in [6.07, 6.45) is 7.68. The van der Waals surface area contributed by atoms with Gasteiger partial charge in [-0.2, -0.15) is 10.4 Å². The van der Waals surface area contributed by atoms with Crippen LogP contribution in [-0.4, -0.2) is 39.2 Å². The average Bonchev–Trinajstić information content (AvgIpc) is 3.32. The van der Waals surface area contributed by atoms with Crippen molar-refractivity contribution in [2.75, 3.05) is 11.4 Å². The molecule has 8 nitrogen and oxygen atoms in total. The van der Waals surface area contributed by atoms with Gasteiger partial charge in [-0.25, -0.2) is 4.98 Å². The maximum atomic E-state index is 12.9. The van der Waals surface area contributed by atoms with Gasteiger partial charge in [0.05, 0.1) is 29.4 Å². The molecule has 0 spiro atoms. The lowest BCUT2D eigenvalue weighted by molar-refractivity contribution is -0.118. The molecule has 2 amide bonds. The minimum absolute atomic E-state index is 0.0440. The second kappa shape index (κ2) is 9.00. The van der Waals surface area contributed by atoms with Gasteiger partial charge in [-0.15, -0.1) is 0 Å². The zero-order valence-corrected chi connectivity index (χ0v) is 21.4. The molecule has 3 aromatic rings. The molecule has 1 N–H and O–H groups in total. The average molecular weight is 515 g/mol. The van der Waals surface area contributed by atoms with Gasteiger partial charge < -0.3 is 5.32 Å². The molecular weight excluding hydrogens is 488 g/mol. The molecule has 1 aromatic carbocycles. The molecule has 1 aliphatic heterocycles. The first-order valence-corrected chi connectivity index (χ1v) is 13.0. The SMILES string of the molecule is Cc1cc([C@@H](C)n2cc(C(=O)N[C@H]3C[C@@H](c4cc(Cl)ccc4C#N)C3)cn2)cnc1N1C[C@H]2C[C@H]2C1=O. The molecule has 0 radical (unpaired) electrons. The summed E-state index contributed by atoms with van der Waals surface area (Å²) in [5, 5.41) is 17.5. The number of rotatable bonds is 6. The van der Waals surface area contributed by atoms with Crippen molar-refractivity contribution in [3.05, 3.63) is 75.7 Å². The van der Waals surface area contributed by atoms with E-state index in [1.54, 1.807) is 35.4 Å². The molecule has 3 atom stereocenters. The van der Waals surface area contributed by atoms with Crippen LogP contribution >= 0.6 is 11.6 Å². The van der Waals surface area contributed by atoms with Crippen molar-refractivity contribution in [3.8, 4) is 6.07 Å². The van der Waals surface area contributed by atoms with Crippen molar-refractivity contribution < 1.29 is 9.59 Å². The molecule has 0 bridgehead atoms. The second-order valence-electron chi connectivity index (χ2n) is 10.5. The number of carbonyl (C=O) groups excluding carboxylic acids is 2. The van der Waals surface area contributed by atoms with Crippen molar-refractivity contribution in [2.45, 2.75) is 51.1 Å². The molecule has 2 saturated carbocycles. The van der Waals surface area contributed by atoms with Gasteiger partial charge in [0.2, 0.25) is 5.91 Å². The Morgan fingerprint density at radius 2 is 2.05 bits per heavy atom. The van der Waals surface area contributed by atoms with Gasteiger partial charge in [-0.1, -0.05) is 11.6 Å². The highest BCUT2D eigenvalue weighted by Crippen LogP contribution is 2.47. The zero-order valence-electron chi connectivity index (χ0n) is 20.7. The number of piperidine rings is 1. The quantitative estimate of drug-likeness (QED) is 0.525. The van der Waals surface area contributed by atoms with E-state index in [0.29, 0.717) is 22.1 Å². The first-order chi connectivity index (χ1) is 17.8. The lowest BCUT2D eigenvalue weighted by Gasteiger charge is -2.36. The second-order valence-corrected chi connectivity index (χ2v) is 11.0. The van der Waals surface area contributed by atoms with E-state index >= 15 is 0 Å². The number of nitriles is 1. The Bertz CT molecular complexity index is 1450. The lowest BCUT2D eigenvalue weighted by atomic mass is 9.74. The van der Waals surface area contributed by atoms with Crippen LogP contribution in [0.1, 0.15) is 70.8 Å². The van der Waals surface area contributed by atoms with E-state index in [4.69, 9.17) is 11.6 Å². The van der Waals surface area contributed by atoms with Gasteiger partial charge in [0, 0.05) is 35.9 Å². The fraction of sp³-hybridized carbons (Fsp3) is 0.393. The van der Waals surface area contributed by atoms with E-state index in [9.17, 15) is 14.9 Å². The van der Waals surface area contributed by atoms with Crippen LogP contribution in [0, 0.1) is 30.1 Å². The Morgan fingerprint density at radius 3 is 2.76 bits per heavy atom. The summed E-state index contributed by atoms with van der Waals surface area (Å²) in [5.74, 6) is 1.68. The molecular formula is C28H27ClN6O2. The number of hydrogen-bond acceptors (Lipinski definition) is 5. The topological polar surface area (TPSA) is 104 Å².